The zero-order valence-electron chi connectivity index (χ0n) is 14.6. The number of sulfonamides is 1. The smallest absolute Gasteiger partial charge is 0.246 e. The number of hydrogen-bond donors (Lipinski definition) is 1. The van der Waals surface area contributed by atoms with E-state index in [1.54, 1.807) is 45.0 Å². The van der Waals surface area contributed by atoms with Gasteiger partial charge in [0.1, 0.15) is 11.4 Å². The summed E-state index contributed by atoms with van der Waals surface area (Å²) in [4.78, 5) is 12.4. The Bertz CT molecular complexity index is 893. The molecule has 9 heteroatoms. The Balaban J connectivity index is 2.24. The van der Waals surface area contributed by atoms with Crippen molar-refractivity contribution >= 4 is 33.2 Å². The van der Waals surface area contributed by atoms with E-state index >= 15 is 0 Å². The van der Waals surface area contributed by atoms with E-state index in [1.165, 1.54) is 16.0 Å². The first-order chi connectivity index (χ1) is 11.7. The average molecular weight is 385 g/mol. The molecule has 0 radical (unpaired) electrons. The maximum Gasteiger partial charge on any atom is 0.246 e. The summed E-state index contributed by atoms with van der Waals surface area (Å²) in [6, 6.07) is 6.79. The van der Waals surface area contributed by atoms with Crippen molar-refractivity contribution < 1.29 is 13.2 Å². The second-order valence-electron chi connectivity index (χ2n) is 5.64. The van der Waals surface area contributed by atoms with Crippen LogP contribution in [-0.2, 0) is 21.4 Å². The second-order valence-corrected chi connectivity index (χ2v) is 8.05. The van der Waals surface area contributed by atoms with Crippen LogP contribution in [0.15, 0.2) is 29.2 Å². The summed E-state index contributed by atoms with van der Waals surface area (Å²) >= 11 is 5.89. The molecule has 0 aliphatic rings. The van der Waals surface area contributed by atoms with E-state index in [0.29, 0.717) is 28.6 Å². The average Bonchev–Trinajstić information content (AvgIpc) is 2.80. The van der Waals surface area contributed by atoms with Crippen molar-refractivity contribution in [1.29, 1.82) is 0 Å². The van der Waals surface area contributed by atoms with Crippen molar-refractivity contribution in [2.75, 3.05) is 18.9 Å². The Kier molecular flexibility index (Phi) is 5.87. The van der Waals surface area contributed by atoms with Crippen molar-refractivity contribution in [3.8, 4) is 0 Å². The summed E-state index contributed by atoms with van der Waals surface area (Å²) < 4.78 is 27.8. The van der Waals surface area contributed by atoms with Crippen molar-refractivity contribution in [2.45, 2.75) is 32.2 Å². The van der Waals surface area contributed by atoms with Crippen LogP contribution in [0.4, 0.5) is 5.69 Å². The molecule has 1 aromatic heterocycles. The number of aryl methyl sites for hydroxylation is 1. The van der Waals surface area contributed by atoms with Gasteiger partial charge in [-0.2, -0.15) is 5.10 Å². The lowest BCUT2D eigenvalue weighted by Crippen LogP contribution is -2.27. The van der Waals surface area contributed by atoms with Gasteiger partial charge in [-0.15, -0.1) is 0 Å². The van der Waals surface area contributed by atoms with Crippen molar-refractivity contribution in [1.82, 2.24) is 14.1 Å². The highest BCUT2D eigenvalue weighted by Gasteiger charge is 2.28. The first-order valence-electron chi connectivity index (χ1n) is 7.72. The van der Waals surface area contributed by atoms with Crippen LogP contribution >= 0.6 is 11.6 Å². The lowest BCUT2D eigenvalue weighted by Gasteiger charge is -2.15. The molecule has 1 amide bonds. The van der Waals surface area contributed by atoms with Gasteiger partial charge in [0.05, 0.1) is 11.4 Å². The first kappa shape index (κ1) is 19.4. The number of anilines is 1. The highest BCUT2D eigenvalue weighted by Crippen LogP contribution is 2.23. The molecule has 0 unspecified atom stereocenters. The van der Waals surface area contributed by atoms with Gasteiger partial charge in [-0.25, -0.2) is 12.7 Å². The SMILES string of the molecule is CCN(C)S(=O)(=O)c1c(C)nn(CC(=O)Nc2cccc(Cl)c2)c1C. The fraction of sp³-hybridized carbons (Fsp3) is 0.375. The van der Waals surface area contributed by atoms with E-state index in [0.717, 1.165) is 0 Å². The van der Waals surface area contributed by atoms with Gasteiger partial charge in [0.15, 0.2) is 0 Å². The maximum atomic E-state index is 12.6. The van der Waals surface area contributed by atoms with E-state index in [2.05, 4.69) is 10.4 Å². The normalized spacial score (nSPS) is 11.8. The number of carbonyl (C=O) groups excluding carboxylic acids is 1. The fourth-order valence-electron chi connectivity index (χ4n) is 2.44. The number of nitrogens with one attached hydrogen (secondary N) is 1. The van der Waals surface area contributed by atoms with Crippen molar-refractivity contribution in [2.24, 2.45) is 0 Å². The standard InChI is InChI=1S/C16H21ClN4O3S/c1-5-20(4)25(23,24)16-11(2)19-21(12(16)3)10-15(22)18-14-8-6-7-13(17)9-14/h6-9H,5,10H2,1-4H3,(H,18,22). The first-order valence-corrected chi connectivity index (χ1v) is 9.54. The molecule has 0 spiro atoms. The summed E-state index contributed by atoms with van der Waals surface area (Å²) in [5, 5.41) is 7.45. The minimum absolute atomic E-state index is 0.0927. The zero-order valence-corrected chi connectivity index (χ0v) is 16.1. The van der Waals surface area contributed by atoms with Gasteiger partial charge in [0.25, 0.3) is 0 Å². The minimum atomic E-state index is -3.63. The maximum absolute atomic E-state index is 12.6. The van der Waals surface area contributed by atoms with E-state index in [4.69, 9.17) is 11.6 Å². The number of aromatic nitrogens is 2. The summed E-state index contributed by atoms with van der Waals surface area (Å²) in [6.07, 6.45) is 0. The van der Waals surface area contributed by atoms with Crippen LogP contribution in [0, 0.1) is 13.8 Å². The predicted octanol–water partition coefficient (Wildman–Crippen LogP) is 2.43. The Morgan fingerprint density at radius 3 is 2.64 bits per heavy atom. The molecule has 0 saturated heterocycles. The molecule has 1 N–H and O–H groups in total. The van der Waals surface area contributed by atoms with E-state index in [1.807, 2.05) is 0 Å². The monoisotopic (exact) mass is 384 g/mol. The lowest BCUT2D eigenvalue weighted by molar-refractivity contribution is -0.116. The van der Waals surface area contributed by atoms with E-state index in [9.17, 15) is 13.2 Å². The molecule has 136 valence electrons. The van der Waals surface area contributed by atoms with Gasteiger partial charge in [-0.3, -0.25) is 9.48 Å². The number of amides is 1. The Labute approximate surface area is 152 Å². The molecular weight excluding hydrogens is 364 g/mol. The topological polar surface area (TPSA) is 84.3 Å². The molecule has 2 rings (SSSR count). The lowest BCUT2D eigenvalue weighted by atomic mass is 10.3. The van der Waals surface area contributed by atoms with Gasteiger partial charge in [0.2, 0.25) is 15.9 Å². The molecule has 0 fully saturated rings. The van der Waals surface area contributed by atoms with Crippen molar-refractivity contribution in [3.05, 3.63) is 40.7 Å². The Morgan fingerprint density at radius 2 is 2.04 bits per heavy atom. The number of carbonyl (C=O) groups is 1. The van der Waals surface area contributed by atoms with Gasteiger partial charge >= 0.3 is 0 Å². The number of nitrogens with zero attached hydrogens (tertiary/aromatic N) is 3. The number of rotatable bonds is 6. The summed E-state index contributed by atoms with van der Waals surface area (Å²) in [6.45, 7) is 5.27. The van der Waals surface area contributed by atoms with Crippen LogP contribution < -0.4 is 5.32 Å². The minimum Gasteiger partial charge on any atom is -0.324 e. The molecule has 1 heterocycles. The van der Waals surface area contributed by atoms with Crippen LogP contribution in [0.2, 0.25) is 5.02 Å². The molecule has 0 saturated carbocycles. The predicted molar refractivity (Wildman–Crippen MR) is 97.3 cm³/mol. The summed E-state index contributed by atoms with van der Waals surface area (Å²) in [5.74, 6) is -0.319. The van der Waals surface area contributed by atoms with Gasteiger partial charge in [-0.05, 0) is 32.0 Å². The zero-order chi connectivity index (χ0) is 18.8. The quantitative estimate of drug-likeness (QED) is 0.828. The van der Waals surface area contributed by atoms with Crippen LogP contribution in [0.5, 0.6) is 0 Å². The van der Waals surface area contributed by atoms with Gasteiger partial charge < -0.3 is 5.32 Å². The third kappa shape index (κ3) is 4.20. The van der Waals surface area contributed by atoms with Crippen LogP contribution in [0.3, 0.4) is 0 Å². The van der Waals surface area contributed by atoms with Crippen LogP contribution in [-0.4, -0.2) is 42.0 Å². The highest BCUT2D eigenvalue weighted by atomic mass is 35.5. The summed E-state index contributed by atoms with van der Waals surface area (Å²) in [7, 11) is -2.12. The molecule has 25 heavy (non-hydrogen) atoms. The number of halogens is 1. The molecule has 7 nitrogen and oxygen atoms in total. The second kappa shape index (κ2) is 7.55. The molecule has 0 aliphatic carbocycles. The van der Waals surface area contributed by atoms with E-state index < -0.39 is 10.0 Å². The third-order valence-corrected chi connectivity index (χ3v) is 6.25. The third-order valence-electron chi connectivity index (χ3n) is 3.83. The largest absolute Gasteiger partial charge is 0.324 e. The molecule has 0 aliphatic heterocycles. The van der Waals surface area contributed by atoms with Crippen molar-refractivity contribution in [3.63, 3.8) is 0 Å². The highest BCUT2D eigenvalue weighted by molar-refractivity contribution is 7.89. The summed E-state index contributed by atoms with van der Waals surface area (Å²) in [5.41, 5.74) is 1.37. The number of benzene rings is 1. The van der Waals surface area contributed by atoms with E-state index in [-0.39, 0.29) is 17.3 Å². The molecule has 2 aromatic rings. The van der Waals surface area contributed by atoms with Crippen LogP contribution in [0.1, 0.15) is 18.3 Å². The van der Waals surface area contributed by atoms with Gasteiger partial charge in [0, 0.05) is 24.3 Å². The molecule has 0 bridgehead atoms. The fourth-order valence-corrected chi connectivity index (χ4v) is 4.17. The molecule has 1 aromatic carbocycles. The Hall–Kier alpha value is -1.90. The molecular formula is C16H21ClN4O3S. The van der Waals surface area contributed by atoms with Crippen LogP contribution in [0.25, 0.3) is 0 Å². The molecule has 0 atom stereocenters. The number of hydrogen-bond acceptors (Lipinski definition) is 4. The Morgan fingerprint density at radius 1 is 1.36 bits per heavy atom. The van der Waals surface area contributed by atoms with Gasteiger partial charge in [-0.1, -0.05) is 24.6 Å².